The molecule has 2 rings (SSSR count). The number of rotatable bonds is 4. The quantitative estimate of drug-likeness (QED) is 0.885. The smallest absolute Gasteiger partial charge is 0.251 e. The molecule has 0 aliphatic carbocycles. The summed E-state index contributed by atoms with van der Waals surface area (Å²) >= 11 is 0. The van der Waals surface area contributed by atoms with Gasteiger partial charge < -0.3 is 10.6 Å². The van der Waals surface area contributed by atoms with Crippen molar-refractivity contribution in [2.45, 2.75) is 6.54 Å². The maximum atomic E-state index is 12.7. The van der Waals surface area contributed by atoms with Gasteiger partial charge in [-0.2, -0.15) is 0 Å². The molecule has 2 N–H and O–H groups in total. The molecule has 0 spiro atoms. The maximum Gasteiger partial charge on any atom is 0.251 e. The van der Waals surface area contributed by atoms with Crippen LogP contribution in [0.1, 0.15) is 15.9 Å². The minimum Gasteiger partial charge on any atom is -0.381 e. The molecule has 0 unspecified atom stereocenters. The van der Waals surface area contributed by atoms with Crippen molar-refractivity contribution in [3.8, 4) is 0 Å². The lowest BCUT2D eigenvalue weighted by Crippen LogP contribution is -2.17. The van der Waals surface area contributed by atoms with Gasteiger partial charge in [0.15, 0.2) is 0 Å². The van der Waals surface area contributed by atoms with Gasteiger partial charge in [-0.15, -0.1) is 0 Å². The molecule has 3 nitrogen and oxygen atoms in total. The zero-order chi connectivity index (χ0) is 13.7. The molecule has 0 fully saturated rings. The molecule has 19 heavy (non-hydrogen) atoms. The Morgan fingerprint density at radius 3 is 2.26 bits per heavy atom. The van der Waals surface area contributed by atoms with Gasteiger partial charge in [0.2, 0.25) is 0 Å². The third kappa shape index (κ3) is 3.55. The normalized spacial score (nSPS) is 10.0. The molecule has 0 heterocycles. The summed E-state index contributed by atoms with van der Waals surface area (Å²) in [4.78, 5) is 11.4. The zero-order valence-electron chi connectivity index (χ0n) is 10.6. The lowest BCUT2D eigenvalue weighted by molar-refractivity contribution is 0.0963. The highest BCUT2D eigenvalue weighted by molar-refractivity contribution is 5.93. The van der Waals surface area contributed by atoms with Crippen molar-refractivity contribution < 1.29 is 9.18 Å². The van der Waals surface area contributed by atoms with Crippen LogP contribution in [0.2, 0.25) is 0 Å². The molecule has 0 radical (unpaired) electrons. The first kappa shape index (κ1) is 13.1. The van der Waals surface area contributed by atoms with E-state index in [-0.39, 0.29) is 11.7 Å². The second kappa shape index (κ2) is 6.00. The van der Waals surface area contributed by atoms with E-state index in [0.29, 0.717) is 12.1 Å². The minimum absolute atomic E-state index is 0.0990. The SMILES string of the molecule is CNC(=O)c1ccc(CNc2ccc(F)cc2)cc1. The van der Waals surface area contributed by atoms with E-state index in [1.54, 1.807) is 31.3 Å². The molecule has 1 amide bonds. The number of carbonyl (C=O) groups is 1. The molecule has 2 aromatic carbocycles. The average molecular weight is 258 g/mol. The number of hydrogen-bond donors (Lipinski definition) is 2. The lowest BCUT2D eigenvalue weighted by atomic mass is 10.1. The number of carbonyl (C=O) groups excluding carboxylic acids is 1. The number of hydrogen-bond acceptors (Lipinski definition) is 2. The van der Waals surface area contributed by atoms with Crippen molar-refractivity contribution >= 4 is 11.6 Å². The highest BCUT2D eigenvalue weighted by Gasteiger charge is 2.02. The number of benzene rings is 2. The Hall–Kier alpha value is -2.36. The van der Waals surface area contributed by atoms with Gasteiger partial charge in [-0.1, -0.05) is 12.1 Å². The Labute approximate surface area is 111 Å². The van der Waals surface area contributed by atoms with Crippen LogP contribution in [0.4, 0.5) is 10.1 Å². The number of halogens is 1. The van der Waals surface area contributed by atoms with Crippen LogP contribution in [0.5, 0.6) is 0 Å². The molecular weight excluding hydrogens is 243 g/mol. The Morgan fingerprint density at radius 2 is 1.68 bits per heavy atom. The number of amides is 1. The fourth-order valence-corrected chi connectivity index (χ4v) is 1.69. The van der Waals surface area contributed by atoms with Crippen LogP contribution in [-0.4, -0.2) is 13.0 Å². The van der Waals surface area contributed by atoms with Gasteiger partial charge in [0, 0.05) is 24.8 Å². The third-order valence-corrected chi connectivity index (χ3v) is 2.78. The van der Waals surface area contributed by atoms with Crippen LogP contribution in [0.3, 0.4) is 0 Å². The topological polar surface area (TPSA) is 41.1 Å². The predicted molar refractivity (Wildman–Crippen MR) is 73.6 cm³/mol. The van der Waals surface area contributed by atoms with Crippen LogP contribution in [0.15, 0.2) is 48.5 Å². The molecule has 0 aromatic heterocycles. The molecule has 98 valence electrons. The lowest BCUT2D eigenvalue weighted by Gasteiger charge is -2.07. The summed E-state index contributed by atoms with van der Waals surface area (Å²) in [7, 11) is 1.60. The van der Waals surface area contributed by atoms with Crippen LogP contribution >= 0.6 is 0 Å². The van der Waals surface area contributed by atoms with Crippen LogP contribution < -0.4 is 10.6 Å². The second-order valence-corrected chi connectivity index (χ2v) is 4.14. The molecular formula is C15H15FN2O. The highest BCUT2D eigenvalue weighted by Crippen LogP contribution is 2.11. The van der Waals surface area contributed by atoms with E-state index in [1.807, 2.05) is 12.1 Å². The highest BCUT2D eigenvalue weighted by atomic mass is 19.1. The zero-order valence-corrected chi connectivity index (χ0v) is 10.6. The van der Waals surface area contributed by atoms with E-state index in [4.69, 9.17) is 0 Å². The van der Waals surface area contributed by atoms with Crippen LogP contribution in [-0.2, 0) is 6.54 Å². The van der Waals surface area contributed by atoms with E-state index >= 15 is 0 Å². The summed E-state index contributed by atoms with van der Waals surface area (Å²) < 4.78 is 12.7. The largest absolute Gasteiger partial charge is 0.381 e. The fraction of sp³-hybridized carbons (Fsp3) is 0.133. The molecule has 0 saturated carbocycles. The average Bonchev–Trinajstić information content (AvgIpc) is 2.46. The van der Waals surface area contributed by atoms with E-state index in [0.717, 1.165) is 11.3 Å². The van der Waals surface area contributed by atoms with Gasteiger partial charge in [0.05, 0.1) is 0 Å². The van der Waals surface area contributed by atoms with E-state index in [9.17, 15) is 9.18 Å². The Morgan fingerprint density at radius 1 is 1.05 bits per heavy atom. The van der Waals surface area contributed by atoms with Gasteiger partial charge in [-0.25, -0.2) is 4.39 Å². The van der Waals surface area contributed by atoms with Crippen molar-refractivity contribution in [1.29, 1.82) is 0 Å². The minimum atomic E-state index is -0.250. The first-order chi connectivity index (χ1) is 9.19. The first-order valence-corrected chi connectivity index (χ1v) is 5.99. The summed E-state index contributed by atoms with van der Waals surface area (Å²) in [5, 5.41) is 5.76. The van der Waals surface area contributed by atoms with Crippen molar-refractivity contribution in [3.63, 3.8) is 0 Å². The maximum absolute atomic E-state index is 12.7. The number of anilines is 1. The first-order valence-electron chi connectivity index (χ1n) is 5.99. The van der Waals surface area contributed by atoms with Crippen molar-refractivity contribution in [2.75, 3.05) is 12.4 Å². The van der Waals surface area contributed by atoms with Gasteiger partial charge in [-0.3, -0.25) is 4.79 Å². The van der Waals surface area contributed by atoms with Gasteiger partial charge in [0.1, 0.15) is 5.82 Å². The monoisotopic (exact) mass is 258 g/mol. The Balaban J connectivity index is 1.96. The number of nitrogens with one attached hydrogen (secondary N) is 2. The summed E-state index contributed by atoms with van der Waals surface area (Å²) in [6.07, 6.45) is 0. The fourth-order valence-electron chi connectivity index (χ4n) is 1.69. The summed E-state index contributed by atoms with van der Waals surface area (Å²) in [6.45, 7) is 0.625. The van der Waals surface area contributed by atoms with Gasteiger partial charge in [-0.05, 0) is 42.0 Å². The molecule has 0 aliphatic heterocycles. The molecule has 0 saturated heterocycles. The second-order valence-electron chi connectivity index (χ2n) is 4.14. The Bertz CT molecular complexity index is 549. The van der Waals surface area contributed by atoms with E-state index in [2.05, 4.69) is 10.6 Å². The summed E-state index contributed by atoms with van der Waals surface area (Å²) in [5.41, 5.74) is 2.54. The van der Waals surface area contributed by atoms with Crippen molar-refractivity contribution in [1.82, 2.24) is 5.32 Å². The van der Waals surface area contributed by atoms with Crippen molar-refractivity contribution in [3.05, 3.63) is 65.5 Å². The van der Waals surface area contributed by atoms with E-state index < -0.39 is 0 Å². The van der Waals surface area contributed by atoms with Crippen molar-refractivity contribution in [2.24, 2.45) is 0 Å². The molecule has 0 atom stereocenters. The van der Waals surface area contributed by atoms with Gasteiger partial charge in [0.25, 0.3) is 5.91 Å². The molecule has 0 aliphatic rings. The van der Waals surface area contributed by atoms with E-state index in [1.165, 1.54) is 12.1 Å². The van der Waals surface area contributed by atoms with Crippen LogP contribution in [0, 0.1) is 5.82 Å². The van der Waals surface area contributed by atoms with Crippen LogP contribution in [0.25, 0.3) is 0 Å². The summed E-state index contributed by atoms with van der Waals surface area (Å²) in [5.74, 6) is -0.349. The standard InChI is InChI=1S/C15H15FN2O/c1-17-15(19)12-4-2-11(3-5-12)10-18-14-8-6-13(16)7-9-14/h2-9,18H,10H2,1H3,(H,17,19). The molecule has 0 bridgehead atoms. The predicted octanol–water partition coefficient (Wildman–Crippen LogP) is 2.80. The molecule has 4 heteroatoms. The molecule has 2 aromatic rings. The summed E-state index contributed by atoms with van der Waals surface area (Å²) in [6, 6.07) is 13.5. The Kier molecular flexibility index (Phi) is 4.13. The third-order valence-electron chi connectivity index (χ3n) is 2.78. The van der Waals surface area contributed by atoms with Gasteiger partial charge >= 0.3 is 0 Å².